The van der Waals surface area contributed by atoms with Gasteiger partial charge < -0.3 is 19.4 Å². The van der Waals surface area contributed by atoms with Gasteiger partial charge in [0, 0.05) is 78.2 Å². The van der Waals surface area contributed by atoms with Crippen LogP contribution < -0.4 is 9.64 Å². The molecule has 3 atom stereocenters. The van der Waals surface area contributed by atoms with E-state index in [1.165, 1.54) is 17.3 Å². The highest BCUT2D eigenvalue weighted by molar-refractivity contribution is 6.36. The standard InChI is InChI=1S/C32H30ClF3N8O2/c1-37-13-22-17-43(9-10-44(22)26(45)7-4-8-34)31-24-15-39-29(23-14-38-12-19-5-3-6-25(33)27(19)23)28(36)30(24)40-32(41-31)46-18-21-11-20(35)16-42(21)2/h3-7,12,14-15,20-22H,8-11,13,16-18H2,2H3/b7-4+/t20-,21+,22+/m1/s1. The van der Waals surface area contributed by atoms with Crippen LogP contribution in [0.3, 0.4) is 0 Å². The minimum Gasteiger partial charge on any atom is -0.462 e. The zero-order valence-corrected chi connectivity index (χ0v) is 25.7. The summed E-state index contributed by atoms with van der Waals surface area (Å²) in [4.78, 5) is 39.3. The number of hydrogen-bond acceptors (Lipinski definition) is 8. The Balaban J connectivity index is 1.43. The van der Waals surface area contributed by atoms with Gasteiger partial charge in [-0.3, -0.25) is 19.7 Å². The number of pyridine rings is 2. The maximum atomic E-state index is 16.6. The van der Waals surface area contributed by atoms with Crippen molar-refractivity contribution in [1.82, 2.24) is 29.7 Å². The summed E-state index contributed by atoms with van der Waals surface area (Å²) in [5.74, 6) is -0.810. The van der Waals surface area contributed by atoms with Crippen molar-refractivity contribution in [1.29, 1.82) is 0 Å². The molecule has 46 heavy (non-hydrogen) atoms. The number of amides is 1. The number of benzene rings is 1. The number of carbonyl (C=O) groups excluding carboxylic acids is 1. The molecule has 4 aromatic rings. The smallest absolute Gasteiger partial charge is 0.319 e. The summed E-state index contributed by atoms with van der Waals surface area (Å²) in [5.41, 5.74) is 0.326. The van der Waals surface area contributed by atoms with E-state index in [0.29, 0.717) is 39.0 Å². The van der Waals surface area contributed by atoms with Crippen molar-refractivity contribution in [2.75, 3.05) is 58.0 Å². The van der Waals surface area contributed by atoms with E-state index in [9.17, 15) is 13.6 Å². The Bertz CT molecular complexity index is 1850. The molecule has 0 bridgehead atoms. The van der Waals surface area contributed by atoms with Crippen molar-refractivity contribution in [2.45, 2.75) is 24.7 Å². The fraction of sp³-hybridized carbons (Fsp3) is 0.375. The van der Waals surface area contributed by atoms with Gasteiger partial charge in [-0.25, -0.2) is 19.7 Å². The molecule has 5 heterocycles. The number of nitrogens with zero attached hydrogens (tertiary/aromatic N) is 8. The van der Waals surface area contributed by atoms with Gasteiger partial charge in [0.2, 0.25) is 12.5 Å². The first-order chi connectivity index (χ1) is 22.3. The average molecular weight is 651 g/mol. The maximum Gasteiger partial charge on any atom is 0.319 e. The molecule has 14 heteroatoms. The molecule has 10 nitrogen and oxygen atoms in total. The molecule has 0 aliphatic carbocycles. The summed E-state index contributed by atoms with van der Waals surface area (Å²) in [5, 5.41) is 2.01. The molecular formula is C32H30ClF3N8O2. The Morgan fingerprint density at radius 1 is 1.20 bits per heavy atom. The van der Waals surface area contributed by atoms with Gasteiger partial charge in [0.25, 0.3) is 0 Å². The van der Waals surface area contributed by atoms with E-state index in [2.05, 4.69) is 24.8 Å². The van der Waals surface area contributed by atoms with E-state index in [0.717, 1.165) is 12.2 Å². The molecule has 2 saturated heterocycles. The summed E-state index contributed by atoms with van der Waals surface area (Å²) in [7, 11) is 1.81. The van der Waals surface area contributed by atoms with Crippen LogP contribution in [0.1, 0.15) is 6.42 Å². The van der Waals surface area contributed by atoms with Crippen molar-refractivity contribution in [3.8, 4) is 17.3 Å². The lowest BCUT2D eigenvalue weighted by atomic mass is 10.0. The van der Waals surface area contributed by atoms with Crippen molar-refractivity contribution in [2.24, 2.45) is 0 Å². The molecular weight excluding hydrogens is 621 g/mol. The van der Waals surface area contributed by atoms with Gasteiger partial charge in [0.15, 0.2) is 5.82 Å². The molecule has 0 N–H and O–H groups in total. The summed E-state index contributed by atoms with van der Waals surface area (Å²) in [6.07, 6.45) is 6.22. The van der Waals surface area contributed by atoms with Crippen molar-refractivity contribution >= 4 is 45.0 Å². The number of likely N-dealkylation sites (N-methyl/N-ethyl adjacent to an activating group) is 1. The van der Waals surface area contributed by atoms with E-state index in [1.807, 2.05) is 22.9 Å². The quantitative estimate of drug-likeness (QED) is 0.196. The molecule has 2 aliphatic rings. The van der Waals surface area contributed by atoms with Gasteiger partial charge >= 0.3 is 6.01 Å². The normalized spacial score (nSPS) is 20.6. The second-order valence-electron chi connectivity index (χ2n) is 11.3. The lowest BCUT2D eigenvalue weighted by Crippen LogP contribution is -2.56. The third-order valence-corrected chi connectivity index (χ3v) is 8.71. The number of rotatable bonds is 8. The van der Waals surface area contributed by atoms with E-state index in [1.54, 1.807) is 18.3 Å². The lowest BCUT2D eigenvalue weighted by molar-refractivity contribution is -0.128. The zero-order valence-electron chi connectivity index (χ0n) is 24.9. The first-order valence-corrected chi connectivity index (χ1v) is 15.1. The van der Waals surface area contributed by atoms with E-state index >= 15 is 4.39 Å². The Kier molecular flexibility index (Phi) is 9.19. The SMILES string of the molecule is [C-]#[N+]C[C@H]1CN(c2nc(OC[C@@H]3C[C@@H](F)CN3C)nc3c(F)c(-c4cncc5cccc(Cl)c45)ncc23)CCN1C(=O)/C=C/CF. The lowest BCUT2D eigenvalue weighted by Gasteiger charge is -2.39. The molecule has 1 aromatic carbocycles. The molecule has 0 radical (unpaired) electrons. The van der Waals surface area contributed by atoms with Gasteiger partial charge in [0.05, 0.1) is 5.39 Å². The number of anilines is 1. The first-order valence-electron chi connectivity index (χ1n) is 14.8. The third-order valence-electron chi connectivity index (χ3n) is 8.39. The second-order valence-corrected chi connectivity index (χ2v) is 11.7. The number of carbonyl (C=O) groups is 1. The second kappa shape index (κ2) is 13.4. The number of halogens is 4. The van der Waals surface area contributed by atoms with Crippen LogP contribution >= 0.6 is 11.6 Å². The fourth-order valence-corrected chi connectivity index (χ4v) is 6.39. The fourth-order valence-electron chi connectivity index (χ4n) is 6.10. The Morgan fingerprint density at radius 3 is 2.80 bits per heavy atom. The first kappa shape index (κ1) is 31.4. The summed E-state index contributed by atoms with van der Waals surface area (Å²) in [6.45, 7) is 7.76. The molecule has 3 aromatic heterocycles. The Hall–Kier alpha value is -4.54. The van der Waals surface area contributed by atoms with Gasteiger partial charge in [0.1, 0.15) is 42.5 Å². The zero-order chi connectivity index (χ0) is 32.4. The van der Waals surface area contributed by atoms with Crippen molar-refractivity contribution < 1.29 is 22.7 Å². The molecule has 2 fully saturated rings. The van der Waals surface area contributed by atoms with Crippen LogP contribution in [0.4, 0.5) is 19.0 Å². The highest BCUT2D eigenvalue weighted by Gasteiger charge is 2.34. The summed E-state index contributed by atoms with van der Waals surface area (Å²) < 4.78 is 49.3. The topological polar surface area (TPSA) is 91.9 Å². The number of aromatic nitrogens is 4. The van der Waals surface area contributed by atoms with Crippen LogP contribution in [-0.2, 0) is 4.79 Å². The molecule has 2 aliphatic heterocycles. The molecule has 0 spiro atoms. The molecule has 0 saturated carbocycles. The molecule has 238 valence electrons. The van der Waals surface area contributed by atoms with E-state index < -0.39 is 30.6 Å². The van der Waals surface area contributed by atoms with Gasteiger partial charge in [-0.2, -0.15) is 9.97 Å². The molecule has 6 rings (SSSR count). The maximum absolute atomic E-state index is 16.6. The summed E-state index contributed by atoms with van der Waals surface area (Å²) >= 11 is 6.53. The van der Waals surface area contributed by atoms with Crippen LogP contribution in [0, 0.1) is 12.4 Å². The highest BCUT2D eigenvalue weighted by atomic mass is 35.5. The van der Waals surface area contributed by atoms with E-state index in [-0.39, 0.29) is 62.6 Å². The number of likely N-dealkylation sites (tertiary alicyclic amines) is 1. The minimum atomic E-state index is -0.975. The number of piperazine rings is 1. The van der Waals surface area contributed by atoms with E-state index in [4.69, 9.17) is 22.9 Å². The van der Waals surface area contributed by atoms with Crippen LogP contribution in [0.15, 0.2) is 48.9 Å². The molecule has 0 unspecified atom stereocenters. The number of fused-ring (bicyclic) bond motifs is 2. The Morgan fingerprint density at radius 2 is 2.04 bits per heavy atom. The van der Waals surface area contributed by atoms with Crippen LogP contribution in [0.25, 0.3) is 37.8 Å². The Labute approximate surface area is 268 Å². The highest BCUT2D eigenvalue weighted by Crippen LogP contribution is 2.37. The van der Waals surface area contributed by atoms with Crippen LogP contribution in [0.2, 0.25) is 5.02 Å². The largest absolute Gasteiger partial charge is 0.462 e. The van der Waals surface area contributed by atoms with Gasteiger partial charge in [-0.1, -0.05) is 23.7 Å². The number of hydrogen-bond donors (Lipinski definition) is 0. The van der Waals surface area contributed by atoms with Gasteiger partial charge in [-0.15, -0.1) is 0 Å². The minimum absolute atomic E-state index is 0.00207. The van der Waals surface area contributed by atoms with Crippen LogP contribution in [-0.4, -0.2) is 107 Å². The number of alkyl halides is 2. The average Bonchev–Trinajstić information content (AvgIpc) is 3.38. The number of allylic oxidation sites excluding steroid dienone is 1. The summed E-state index contributed by atoms with van der Waals surface area (Å²) in [6, 6.07) is 4.46. The molecule has 1 amide bonds. The predicted molar refractivity (Wildman–Crippen MR) is 169 cm³/mol. The third kappa shape index (κ3) is 6.15. The monoisotopic (exact) mass is 650 g/mol. The van der Waals surface area contributed by atoms with Crippen molar-refractivity contribution in [3.63, 3.8) is 0 Å². The van der Waals surface area contributed by atoms with Crippen molar-refractivity contribution in [3.05, 3.63) is 71.2 Å². The predicted octanol–water partition coefficient (Wildman–Crippen LogP) is 4.92. The number of ether oxygens (including phenoxy) is 1. The van der Waals surface area contributed by atoms with Crippen LogP contribution in [0.5, 0.6) is 6.01 Å². The van der Waals surface area contributed by atoms with Gasteiger partial charge in [-0.05, 0) is 25.6 Å².